The Hall–Kier alpha value is -2.12. The molecule has 0 spiro atoms. The molecule has 144 valence electrons. The lowest BCUT2D eigenvalue weighted by atomic mass is 10.0. The van der Waals surface area contributed by atoms with Gasteiger partial charge in [0.15, 0.2) is 6.61 Å². The third-order valence-corrected chi connectivity index (χ3v) is 5.50. The predicted molar refractivity (Wildman–Crippen MR) is 97.8 cm³/mol. The molecule has 1 aromatic rings. The standard InChI is InChI=1S/C18H18Cl2N2O5/c1-10-4-2-3-5-21(10)15(23)9-27-16(24)8-22-17(25)11-6-13(19)14(20)7-12(11)18(22)26/h6-7,10H,2-5,8-9H2,1H3/t10-/m1/s1. The van der Waals surface area contributed by atoms with Gasteiger partial charge in [-0.25, -0.2) is 0 Å². The number of esters is 1. The van der Waals surface area contributed by atoms with Crippen LogP contribution in [0.5, 0.6) is 0 Å². The summed E-state index contributed by atoms with van der Waals surface area (Å²) in [5.74, 6) is -2.42. The molecule has 0 bridgehead atoms. The molecule has 0 aromatic heterocycles. The summed E-state index contributed by atoms with van der Waals surface area (Å²) in [6.07, 6.45) is 2.91. The van der Waals surface area contributed by atoms with Crippen LogP contribution in [0.15, 0.2) is 12.1 Å². The third kappa shape index (κ3) is 3.94. The highest BCUT2D eigenvalue weighted by Crippen LogP contribution is 2.31. The van der Waals surface area contributed by atoms with Gasteiger partial charge in [0.1, 0.15) is 6.54 Å². The molecule has 2 heterocycles. The number of carbonyl (C=O) groups is 4. The van der Waals surface area contributed by atoms with Gasteiger partial charge in [0, 0.05) is 12.6 Å². The molecule has 0 unspecified atom stereocenters. The van der Waals surface area contributed by atoms with Gasteiger partial charge in [0.25, 0.3) is 17.7 Å². The molecule has 2 aliphatic heterocycles. The van der Waals surface area contributed by atoms with Crippen LogP contribution < -0.4 is 0 Å². The number of ether oxygens (including phenoxy) is 1. The molecule has 1 fully saturated rings. The molecule has 27 heavy (non-hydrogen) atoms. The fraction of sp³-hybridized carbons (Fsp3) is 0.444. The third-order valence-electron chi connectivity index (χ3n) is 4.78. The first-order valence-electron chi connectivity index (χ1n) is 8.60. The Morgan fingerprint density at radius 3 is 2.26 bits per heavy atom. The monoisotopic (exact) mass is 412 g/mol. The van der Waals surface area contributed by atoms with Gasteiger partial charge < -0.3 is 9.64 Å². The number of imide groups is 1. The van der Waals surface area contributed by atoms with E-state index in [0.29, 0.717) is 6.54 Å². The second-order valence-corrected chi connectivity index (χ2v) is 7.42. The molecule has 1 atom stereocenters. The highest BCUT2D eigenvalue weighted by molar-refractivity contribution is 6.43. The van der Waals surface area contributed by atoms with Crippen molar-refractivity contribution in [3.63, 3.8) is 0 Å². The van der Waals surface area contributed by atoms with Gasteiger partial charge in [-0.05, 0) is 38.3 Å². The minimum absolute atomic E-state index is 0.0837. The SMILES string of the molecule is C[C@@H]1CCCCN1C(=O)COC(=O)CN1C(=O)c2cc(Cl)c(Cl)cc2C1=O. The van der Waals surface area contributed by atoms with Crippen LogP contribution in [0.3, 0.4) is 0 Å². The van der Waals surface area contributed by atoms with E-state index in [-0.39, 0.29) is 33.1 Å². The van der Waals surface area contributed by atoms with E-state index in [4.69, 9.17) is 27.9 Å². The van der Waals surface area contributed by atoms with E-state index < -0.39 is 30.9 Å². The molecule has 0 radical (unpaired) electrons. The molecule has 0 saturated carbocycles. The number of carbonyl (C=O) groups excluding carboxylic acids is 4. The van der Waals surface area contributed by atoms with Crippen molar-refractivity contribution in [3.05, 3.63) is 33.3 Å². The zero-order valence-corrected chi connectivity index (χ0v) is 16.2. The lowest BCUT2D eigenvalue weighted by molar-refractivity contribution is -0.153. The fourth-order valence-electron chi connectivity index (χ4n) is 3.30. The van der Waals surface area contributed by atoms with Gasteiger partial charge >= 0.3 is 5.97 Å². The van der Waals surface area contributed by atoms with Gasteiger partial charge in [0.2, 0.25) is 0 Å². The van der Waals surface area contributed by atoms with E-state index in [1.54, 1.807) is 4.90 Å². The maximum Gasteiger partial charge on any atom is 0.326 e. The maximum atomic E-state index is 12.4. The molecular formula is C18H18Cl2N2O5. The van der Waals surface area contributed by atoms with Crippen molar-refractivity contribution in [2.75, 3.05) is 19.7 Å². The van der Waals surface area contributed by atoms with Crippen LogP contribution in [-0.2, 0) is 14.3 Å². The maximum absolute atomic E-state index is 12.4. The summed E-state index contributed by atoms with van der Waals surface area (Å²) in [4.78, 5) is 51.4. The average Bonchev–Trinajstić information content (AvgIpc) is 2.85. The number of piperidine rings is 1. The molecule has 3 amide bonds. The number of benzene rings is 1. The molecular weight excluding hydrogens is 395 g/mol. The van der Waals surface area contributed by atoms with Gasteiger partial charge in [-0.3, -0.25) is 24.1 Å². The van der Waals surface area contributed by atoms with E-state index in [1.165, 1.54) is 12.1 Å². The van der Waals surface area contributed by atoms with Crippen LogP contribution in [0.25, 0.3) is 0 Å². The first-order valence-corrected chi connectivity index (χ1v) is 9.35. The largest absolute Gasteiger partial charge is 0.454 e. The molecule has 0 N–H and O–H groups in total. The number of nitrogens with zero attached hydrogens (tertiary/aromatic N) is 2. The number of hydrogen-bond acceptors (Lipinski definition) is 5. The molecule has 9 heteroatoms. The van der Waals surface area contributed by atoms with Gasteiger partial charge in [-0.1, -0.05) is 23.2 Å². The first kappa shape index (κ1) is 19.6. The zero-order chi connectivity index (χ0) is 19.7. The number of fused-ring (bicyclic) bond motifs is 1. The van der Waals surface area contributed by atoms with Crippen LogP contribution in [0, 0.1) is 0 Å². The highest BCUT2D eigenvalue weighted by Gasteiger charge is 2.38. The summed E-state index contributed by atoms with van der Waals surface area (Å²) in [6.45, 7) is 1.60. The van der Waals surface area contributed by atoms with Crippen LogP contribution >= 0.6 is 23.2 Å². The Morgan fingerprint density at radius 2 is 1.70 bits per heavy atom. The van der Waals surface area contributed by atoms with Crippen LogP contribution in [-0.4, -0.2) is 59.2 Å². The quantitative estimate of drug-likeness (QED) is 0.560. The molecule has 1 saturated heterocycles. The minimum Gasteiger partial charge on any atom is -0.454 e. The van der Waals surface area contributed by atoms with Crippen molar-refractivity contribution in [1.82, 2.24) is 9.80 Å². The number of likely N-dealkylation sites (tertiary alicyclic amines) is 1. The summed E-state index contributed by atoms with van der Waals surface area (Å²) in [6, 6.07) is 2.70. The Labute approximate surface area is 166 Å². The number of hydrogen-bond donors (Lipinski definition) is 0. The Bertz CT molecular complexity index is 785. The van der Waals surface area contributed by atoms with Crippen LogP contribution in [0.1, 0.15) is 46.9 Å². The first-order chi connectivity index (χ1) is 12.8. The van der Waals surface area contributed by atoms with E-state index in [1.807, 2.05) is 6.92 Å². The second kappa shape index (κ2) is 7.86. The van der Waals surface area contributed by atoms with Crippen molar-refractivity contribution in [2.24, 2.45) is 0 Å². The van der Waals surface area contributed by atoms with Crippen molar-refractivity contribution < 1.29 is 23.9 Å². The Balaban J connectivity index is 1.59. The van der Waals surface area contributed by atoms with Gasteiger partial charge in [-0.2, -0.15) is 0 Å². The highest BCUT2D eigenvalue weighted by atomic mass is 35.5. The van der Waals surface area contributed by atoms with E-state index in [2.05, 4.69) is 0 Å². The van der Waals surface area contributed by atoms with Crippen molar-refractivity contribution in [1.29, 1.82) is 0 Å². The summed E-state index contributed by atoms with van der Waals surface area (Å²) >= 11 is 11.8. The zero-order valence-electron chi connectivity index (χ0n) is 14.7. The lowest BCUT2D eigenvalue weighted by Crippen LogP contribution is -2.44. The van der Waals surface area contributed by atoms with Crippen molar-refractivity contribution >= 4 is 46.9 Å². The van der Waals surface area contributed by atoms with Crippen LogP contribution in [0.4, 0.5) is 0 Å². The van der Waals surface area contributed by atoms with Gasteiger partial charge in [0.05, 0.1) is 21.2 Å². The number of halogens is 2. The minimum atomic E-state index is -0.834. The molecule has 7 nitrogen and oxygen atoms in total. The predicted octanol–water partition coefficient (Wildman–Crippen LogP) is 2.53. The average molecular weight is 413 g/mol. The second-order valence-electron chi connectivity index (χ2n) is 6.60. The van der Waals surface area contributed by atoms with Crippen molar-refractivity contribution in [3.8, 4) is 0 Å². The Kier molecular flexibility index (Phi) is 5.72. The normalized spacial score (nSPS) is 19.3. The molecule has 2 aliphatic rings. The molecule has 3 rings (SSSR count). The van der Waals surface area contributed by atoms with Crippen molar-refractivity contribution in [2.45, 2.75) is 32.2 Å². The van der Waals surface area contributed by atoms with Crippen LogP contribution in [0.2, 0.25) is 10.0 Å². The number of rotatable bonds is 4. The number of amides is 3. The summed E-state index contributed by atoms with van der Waals surface area (Å²) in [5.41, 5.74) is 0.167. The van der Waals surface area contributed by atoms with E-state index in [9.17, 15) is 19.2 Å². The van der Waals surface area contributed by atoms with E-state index in [0.717, 1.165) is 24.2 Å². The van der Waals surface area contributed by atoms with Gasteiger partial charge in [-0.15, -0.1) is 0 Å². The summed E-state index contributed by atoms with van der Waals surface area (Å²) in [7, 11) is 0. The smallest absolute Gasteiger partial charge is 0.326 e. The fourth-order valence-corrected chi connectivity index (χ4v) is 3.62. The Morgan fingerprint density at radius 1 is 1.11 bits per heavy atom. The molecule has 1 aromatic carbocycles. The topological polar surface area (TPSA) is 84.0 Å². The summed E-state index contributed by atoms with van der Waals surface area (Å²) in [5, 5.41) is 0.282. The summed E-state index contributed by atoms with van der Waals surface area (Å²) < 4.78 is 4.98. The van der Waals surface area contributed by atoms with E-state index >= 15 is 0 Å². The molecule has 0 aliphatic carbocycles. The lowest BCUT2D eigenvalue weighted by Gasteiger charge is -2.33.